The highest BCUT2D eigenvalue weighted by atomic mass is 32.2. The first-order valence-corrected chi connectivity index (χ1v) is 8.77. The van der Waals surface area contributed by atoms with Gasteiger partial charge >= 0.3 is 0 Å². The van der Waals surface area contributed by atoms with Gasteiger partial charge in [0.25, 0.3) is 23.0 Å². The molecule has 27 heavy (non-hydrogen) atoms. The number of nitrogens with one attached hydrogen (secondary N) is 1. The number of nitrogens with zero attached hydrogens (tertiary/aromatic N) is 1. The van der Waals surface area contributed by atoms with E-state index in [1.165, 1.54) is 0 Å². The van der Waals surface area contributed by atoms with Crippen molar-refractivity contribution in [1.29, 1.82) is 0 Å². The summed E-state index contributed by atoms with van der Waals surface area (Å²) in [5.41, 5.74) is 1.37. The van der Waals surface area contributed by atoms with E-state index >= 15 is 0 Å². The molecule has 1 N–H and O–H groups in total. The smallest absolute Gasteiger partial charge is 0.290 e. The normalized spacial score (nSPS) is 17.5. The summed E-state index contributed by atoms with van der Waals surface area (Å²) in [5, 5.41) is 1.77. The summed E-state index contributed by atoms with van der Waals surface area (Å²) in [5.74, 6) is -0.809. The number of hydrogen-bond donors (Lipinski definition) is 1. The molecule has 2 aliphatic heterocycles. The third-order valence-electron chi connectivity index (χ3n) is 4.04. The Morgan fingerprint density at radius 3 is 2.30 bits per heavy atom. The monoisotopic (exact) mass is 380 g/mol. The Morgan fingerprint density at radius 1 is 0.963 bits per heavy atom. The molecule has 0 atom stereocenters. The number of hydrogen-bond acceptors (Lipinski definition) is 6. The number of thioether (sulfide) groups is 1. The molecule has 0 aliphatic carbocycles. The maximum atomic E-state index is 12.3. The summed E-state index contributed by atoms with van der Waals surface area (Å²) in [6, 6.07) is 13.4. The van der Waals surface area contributed by atoms with Gasteiger partial charge in [-0.3, -0.25) is 24.5 Å². The molecule has 7 nitrogen and oxygen atoms in total. The molecule has 134 valence electrons. The molecule has 8 heteroatoms. The molecule has 2 aromatic rings. The zero-order chi connectivity index (χ0) is 19.0. The quantitative estimate of drug-likeness (QED) is 0.648. The molecule has 0 unspecified atom stereocenters. The van der Waals surface area contributed by atoms with Crippen LogP contribution in [0.5, 0.6) is 5.75 Å². The Balaban J connectivity index is 1.48. The Morgan fingerprint density at radius 2 is 1.67 bits per heavy atom. The second-order valence-electron chi connectivity index (χ2n) is 5.78. The second kappa shape index (κ2) is 6.73. The third-order valence-corrected chi connectivity index (χ3v) is 4.85. The lowest BCUT2D eigenvalue weighted by Crippen LogP contribution is -2.33. The summed E-state index contributed by atoms with van der Waals surface area (Å²) in [7, 11) is 0. The van der Waals surface area contributed by atoms with Crippen LogP contribution >= 0.6 is 11.8 Å². The first-order chi connectivity index (χ1) is 13.0. The SMILES string of the molecule is O=C1NC(=O)/C(=C/c2cccc(OCN3C(=O)c4ccccc4C3=O)c2)S1. The Bertz CT molecular complexity index is 995. The van der Waals surface area contributed by atoms with Crippen LogP contribution in [0.4, 0.5) is 4.79 Å². The molecule has 2 aliphatic rings. The van der Waals surface area contributed by atoms with E-state index in [0.29, 0.717) is 22.4 Å². The number of benzene rings is 2. The van der Waals surface area contributed by atoms with E-state index in [1.54, 1.807) is 54.6 Å². The van der Waals surface area contributed by atoms with E-state index in [-0.39, 0.29) is 11.6 Å². The Hall–Kier alpha value is -3.39. The topological polar surface area (TPSA) is 92.8 Å². The fraction of sp³-hybridized carbons (Fsp3) is 0.0526. The van der Waals surface area contributed by atoms with Crippen LogP contribution in [-0.4, -0.2) is 34.6 Å². The Kier molecular flexibility index (Phi) is 4.25. The summed E-state index contributed by atoms with van der Waals surface area (Å²) >= 11 is 0.825. The predicted molar refractivity (Wildman–Crippen MR) is 98.0 cm³/mol. The third kappa shape index (κ3) is 3.22. The van der Waals surface area contributed by atoms with Gasteiger partial charge < -0.3 is 4.74 Å². The van der Waals surface area contributed by atoms with E-state index in [2.05, 4.69) is 5.32 Å². The van der Waals surface area contributed by atoms with Crippen molar-refractivity contribution in [3.63, 3.8) is 0 Å². The number of carbonyl (C=O) groups excluding carboxylic acids is 4. The molecule has 1 saturated heterocycles. The molecule has 4 amide bonds. The molecule has 0 bridgehead atoms. The molecular weight excluding hydrogens is 368 g/mol. The summed E-state index contributed by atoms with van der Waals surface area (Å²) in [6.07, 6.45) is 1.57. The van der Waals surface area contributed by atoms with Gasteiger partial charge in [0.05, 0.1) is 16.0 Å². The van der Waals surface area contributed by atoms with Gasteiger partial charge in [0.15, 0.2) is 6.73 Å². The van der Waals surface area contributed by atoms with E-state index in [1.807, 2.05) is 0 Å². The van der Waals surface area contributed by atoms with Crippen molar-refractivity contribution in [3.8, 4) is 5.75 Å². The largest absolute Gasteiger partial charge is 0.473 e. The van der Waals surface area contributed by atoms with Gasteiger partial charge in [-0.25, -0.2) is 4.90 Å². The number of imide groups is 2. The van der Waals surface area contributed by atoms with Crippen molar-refractivity contribution in [2.45, 2.75) is 0 Å². The van der Waals surface area contributed by atoms with Gasteiger partial charge in [-0.15, -0.1) is 0 Å². The van der Waals surface area contributed by atoms with Gasteiger partial charge in [0.1, 0.15) is 5.75 Å². The summed E-state index contributed by atoms with van der Waals surface area (Å²) in [6.45, 7) is -0.222. The number of carbonyl (C=O) groups is 4. The van der Waals surface area contributed by atoms with Gasteiger partial charge in [-0.2, -0.15) is 0 Å². The average molecular weight is 380 g/mol. The van der Waals surface area contributed by atoms with Crippen LogP contribution in [0, 0.1) is 0 Å². The predicted octanol–water partition coefficient (Wildman–Crippen LogP) is 2.64. The maximum Gasteiger partial charge on any atom is 0.290 e. The molecule has 2 aromatic carbocycles. The molecular formula is C19H12N2O5S. The summed E-state index contributed by atoms with van der Waals surface area (Å²) < 4.78 is 5.60. The Labute approximate surface area is 158 Å². The van der Waals surface area contributed by atoms with Crippen LogP contribution in [0.2, 0.25) is 0 Å². The lowest BCUT2D eigenvalue weighted by Gasteiger charge is -2.15. The molecule has 2 heterocycles. The molecule has 4 rings (SSSR count). The van der Waals surface area contributed by atoms with Crippen LogP contribution in [0.25, 0.3) is 6.08 Å². The van der Waals surface area contributed by atoms with Gasteiger partial charge in [0, 0.05) is 0 Å². The highest BCUT2D eigenvalue weighted by molar-refractivity contribution is 8.18. The molecule has 0 aromatic heterocycles. The lowest BCUT2D eigenvalue weighted by molar-refractivity contribution is -0.115. The van der Waals surface area contributed by atoms with Crippen molar-refractivity contribution in [2.75, 3.05) is 6.73 Å². The minimum Gasteiger partial charge on any atom is -0.473 e. The van der Waals surface area contributed by atoms with E-state index in [4.69, 9.17) is 4.74 Å². The number of amides is 4. The van der Waals surface area contributed by atoms with Crippen LogP contribution in [0.1, 0.15) is 26.3 Å². The van der Waals surface area contributed by atoms with Crippen LogP contribution in [-0.2, 0) is 4.79 Å². The van der Waals surface area contributed by atoms with E-state index < -0.39 is 23.0 Å². The second-order valence-corrected chi connectivity index (χ2v) is 6.80. The first kappa shape index (κ1) is 17.0. The van der Waals surface area contributed by atoms with Gasteiger partial charge in [-0.05, 0) is 47.7 Å². The molecule has 0 spiro atoms. The van der Waals surface area contributed by atoms with Crippen LogP contribution in [0.15, 0.2) is 53.4 Å². The minimum absolute atomic E-state index is 0.222. The maximum absolute atomic E-state index is 12.3. The highest BCUT2D eigenvalue weighted by Gasteiger charge is 2.35. The van der Waals surface area contributed by atoms with Crippen LogP contribution < -0.4 is 10.1 Å². The highest BCUT2D eigenvalue weighted by Crippen LogP contribution is 2.27. The summed E-state index contributed by atoms with van der Waals surface area (Å²) in [4.78, 5) is 48.8. The number of rotatable bonds is 4. The van der Waals surface area contributed by atoms with Crippen molar-refractivity contribution < 1.29 is 23.9 Å². The number of ether oxygens (including phenoxy) is 1. The van der Waals surface area contributed by atoms with Gasteiger partial charge in [-0.1, -0.05) is 24.3 Å². The fourth-order valence-electron chi connectivity index (χ4n) is 2.76. The molecule has 0 saturated carbocycles. The van der Waals surface area contributed by atoms with Crippen LogP contribution in [0.3, 0.4) is 0 Å². The van der Waals surface area contributed by atoms with Gasteiger partial charge in [0.2, 0.25) is 0 Å². The number of fused-ring (bicyclic) bond motifs is 1. The van der Waals surface area contributed by atoms with Crippen molar-refractivity contribution in [2.24, 2.45) is 0 Å². The first-order valence-electron chi connectivity index (χ1n) is 7.96. The zero-order valence-corrected chi connectivity index (χ0v) is 14.6. The van der Waals surface area contributed by atoms with E-state index in [9.17, 15) is 19.2 Å². The van der Waals surface area contributed by atoms with Crippen molar-refractivity contribution in [3.05, 3.63) is 70.1 Å². The lowest BCUT2D eigenvalue weighted by atomic mass is 10.1. The average Bonchev–Trinajstić information content (AvgIpc) is 3.10. The zero-order valence-electron chi connectivity index (χ0n) is 13.8. The minimum atomic E-state index is -0.442. The standard InChI is InChI=1S/C19H12N2O5S/c22-16-15(27-19(25)20-16)9-11-4-3-5-12(8-11)26-10-21-17(23)13-6-1-2-7-14(13)18(21)24/h1-9H,10H2,(H,20,22,25)/b15-9-. The van der Waals surface area contributed by atoms with Crippen molar-refractivity contribution in [1.82, 2.24) is 10.2 Å². The molecule has 1 fully saturated rings. The fourth-order valence-corrected chi connectivity index (χ4v) is 3.44. The molecule has 0 radical (unpaired) electrons. The van der Waals surface area contributed by atoms with E-state index in [0.717, 1.165) is 16.7 Å². The van der Waals surface area contributed by atoms with Crippen molar-refractivity contribution >= 4 is 40.8 Å².